The highest BCUT2D eigenvalue weighted by atomic mass is 32.2. The third kappa shape index (κ3) is 6.16. The number of ether oxygens (including phenoxy) is 1. The molecule has 36 heavy (non-hydrogen) atoms. The number of carbonyl (C=O) groups is 2. The maximum absolute atomic E-state index is 13.3. The van der Waals surface area contributed by atoms with Gasteiger partial charge in [-0.25, -0.2) is 4.79 Å². The van der Waals surface area contributed by atoms with Crippen molar-refractivity contribution in [3.63, 3.8) is 0 Å². The predicted molar refractivity (Wildman–Crippen MR) is 135 cm³/mol. The van der Waals surface area contributed by atoms with Crippen LogP contribution in [0.5, 0.6) is 5.75 Å². The summed E-state index contributed by atoms with van der Waals surface area (Å²) in [5.41, 5.74) is 4.56. The molecule has 0 saturated carbocycles. The van der Waals surface area contributed by atoms with Crippen LogP contribution < -0.4 is 4.18 Å². The van der Waals surface area contributed by atoms with E-state index >= 15 is 0 Å². The fourth-order valence-electron chi connectivity index (χ4n) is 4.00. The molecule has 8 heteroatoms. The number of hydrogen-bond acceptors (Lipinski definition) is 6. The summed E-state index contributed by atoms with van der Waals surface area (Å²) < 4.78 is 37.5. The van der Waals surface area contributed by atoms with Crippen LogP contribution in [-0.2, 0) is 39.1 Å². The zero-order chi connectivity index (χ0) is 26.5. The quantitative estimate of drug-likeness (QED) is 0.218. The maximum Gasteiger partial charge on any atom is 0.342 e. The fraction of sp³-hybridized carbons (Fsp3) is 0.357. The smallest absolute Gasteiger partial charge is 0.342 e. The van der Waals surface area contributed by atoms with Crippen LogP contribution in [0, 0.1) is 25.7 Å². The number of fused-ring (bicyclic) bond motifs is 1. The van der Waals surface area contributed by atoms with E-state index in [9.17, 15) is 18.0 Å². The van der Waals surface area contributed by atoms with Crippen molar-refractivity contribution in [2.75, 3.05) is 0 Å². The van der Waals surface area contributed by atoms with E-state index in [0.717, 1.165) is 22.3 Å². The summed E-state index contributed by atoms with van der Waals surface area (Å²) in [6.45, 7) is 7.50. The number of allylic oxidation sites excluding steroid dienone is 2. The van der Waals surface area contributed by atoms with E-state index in [-0.39, 0.29) is 35.7 Å². The lowest BCUT2D eigenvalue weighted by atomic mass is 9.88. The van der Waals surface area contributed by atoms with E-state index in [1.807, 2.05) is 33.8 Å². The topological polar surface area (TPSA) is 107 Å². The molecule has 1 heterocycles. The first kappa shape index (κ1) is 27.0. The molecule has 0 atom stereocenters. The molecule has 0 unspecified atom stereocenters. The Labute approximate surface area is 212 Å². The van der Waals surface area contributed by atoms with Gasteiger partial charge in [0.1, 0.15) is 17.1 Å². The summed E-state index contributed by atoms with van der Waals surface area (Å²) in [7, 11) is -4.25. The van der Waals surface area contributed by atoms with Crippen LogP contribution in [0.2, 0.25) is 0 Å². The molecule has 1 aliphatic heterocycles. The molecule has 0 spiro atoms. The van der Waals surface area contributed by atoms with Crippen molar-refractivity contribution in [2.45, 2.75) is 71.3 Å². The number of aryl methyl sites for hydroxylation is 1. The Morgan fingerprint density at radius 2 is 1.83 bits per heavy atom. The van der Waals surface area contributed by atoms with E-state index in [1.165, 1.54) is 12.1 Å². The second-order valence-electron chi connectivity index (χ2n) is 8.72. The summed E-state index contributed by atoms with van der Waals surface area (Å²) in [5.74, 6) is 4.56. The van der Waals surface area contributed by atoms with Crippen LogP contribution in [0.25, 0.3) is 0 Å². The minimum absolute atomic E-state index is 0.0160. The van der Waals surface area contributed by atoms with Crippen molar-refractivity contribution in [3.05, 3.63) is 69.3 Å². The lowest BCUT2D eigenvalue weighted by Crippen LogP contribution is -2.16. The first-order chi connectivity index (χ1) is 17.0. The Morgan fingerprint density at radius 3 is 2.47 bits per heavy atom. The molecule has 1 aliphatic rings. The molecule has 0 amide bonds. The lowest BCUT2D eigenvalue weighted by Gasteiger charge is -2.19. The van der Waals surface area contributed by atoms with Crippen LogP contribution in [-0.4, -0.2) is 25.5 Å². The minimum Gasteiger partial charge on any atom is -0.481 e. The highest BCUT2D eigenvalue weighted by Crippen LogP contribution is 2.40. The second kappa shape index (κ2) is 11.4. The number of carboxylic acid groups (broad SMARTS) is 1. The monoisotopic (exact) mass is 510 g/mol. The van der Waals surface area contributed by atoms with Gasteiger partial charge in [-0.05, 0) is 56.9 Å². The molecule has 0 radical (unpaired) electrons. The van der Waals surface area contributed by atoms with Gasteiger partial charge in [-0.2, -0.15) is 8.42 Å². The second-order valence-corrected chi connectivity index (χ2v) is 10.3. The Balaban J connectivity index is 2.19. The van der Waals surface area contributed by atoms with Crippen molar-refractivity contribution in [3.8, 4) is 17.6 Å². The average Bonchev–Trinajstić information content (AvgIpc) is 3.21. The van der Waals surface area contributed by atoms with Gasteiger partial charge in [-0.3, -0.25) is 4.79 Å². The molecule has 1 N–H and O–H groups in total. The molecule has 0 aliphatic carbocycles. The molecule has 2 aromatic rings. The zero-order valence-corrected chi connectivity index (χ0v) is 21.8. The highest BCUT2D eigenvalue weighted by molar-refractivity contribution is 7.87. The minimum atomic E-state index is -4.25. The number of esters is 1. The molecule has 7 nitrogen and oxygen atoms in total. The Hall–Kier alpha value is -3.57. The van der Waals surface area contributed by atoms with E-state index in [4.69, 9.17) is 14.0 Å². The van der Waals surface area contributed by atoms with Gasteiger partial charge in [-0.15, -0.1) is 5.92 Å². The van der Waals surface area contributed by atoms with Gasteiger partial charge in [0, 0.05) is 30.4 Å². The molecule has 190 valence electrons. The Morgan fingerprint density at radius 1 is 1.14 bits per heavy atom. The number of cyclic esters (lactones) is 1. The van der Waals surface area contributed by atoms with E-state index in [0.29, 0.717) is 30.4 Å². The fourth-order valence-corrected chi connectivity index (χ4v) is 4.96. The van der Waals surface area contributed by atoms with Crippen LogP contribution in [0.3, 0.4) is 0 Å². The van der Waals surface area contributed by atoms with Gasteiger partial charge in [0.2, 0.25) is 0 Å². The largest absolute Gasteiger partial charge is 0.481 e. The normalized spacial score (nSPS) is 13.0. The number of rotatable bonds is 9. The summed E-state index contributed by atoms with van der Waals surface area (Å²) in [6, 6.07) is 6.26. The molecule has 2 aromatic carbocycles. The standard InChI is InChI=1S/C28H30O7S/c1-5-6-7-8-22-20(4)24-17-34-28(31)26(24)27(23(22)15-11-19(3)12-16-25(29)30)35-36(32,33)21-13-9-18(2)10-14-21/h9-11,13-14H,5,8,12,15-17H2,1-4H3,(H,29,30)/b19-11+. The molecule has 0 aromatic heterocycles. The van der Waals surface area contributed by atoms with Gasteiger partial charge >= 0.3 is 22.1 Å². The van der Waals surface area contributed by atoms with Crippen LogP contribution in [0.4, 0.5) is 0 Å². The first-order valence-electron chi connectivity index (χ1n) is 11.7. The van der Waals surface area contributed by atoms with Gasteiger partial charge in [0.05, 0.1) is 0 Å². The van der Waals surface area contributed by atoms with Crippen LogP contribution >= 0.6 is 0 Å². The van der Waals surface area contributed by atoms with Crippen LogP contribution in [0.1, 0.15) is 71.3 Å². The van der Waals surface area contributed by atoms with Crippen molar-refractivity contribution in [1.82, 2.24) is 0 Å². The third-order valence-corrected chi connectivity index (χ3v) is 7.32. The summed E-state index contributed by atoms with van der Waals surface area (Å²) >= 11 is 0. The molecule has 0 bridgehead atoms. The molecular formula is C28H30O7S. The highest BCUT2D eigenvalue weighted by Gasteiger charge is 2.34. The number of carbonyl (C=O) groups excluding carboxylic acids is 1. The zero-order valence-electron chi connectivity index (χ0n) is 20.9. The van der Waals surface area contributed by atoms with Crippen LogP contribution in [0.15, 0.2) is 40.8 Å². The Bertz CT molecular complexity index is 1370. The van der Waals surface area contributed by atoms with Gasteiger partial charge in [-0.1, -0.05) is 42.2 Å². The van der Waals surface area contributed by atoms with Crippen molar-refractivity contribution in [1.29, 1.82) is 0 Å². The number of benzene rings is 2. The van der Waals surface area contributed by atoms with E-state index in [1.54, 1.807) is 12.1 Å². The summed E-state index contributed by atoms with van der Waals surface area (Å²) in [5, 5.41) is 9.00. The van der Waals surface area contributed by atoms with Crippen molar-refractivity contribution < 1.29 is 32.0 Å². The Kier molecular flexibility index (Phi) is 8.59. The van der Waals surface area contributed by atoms with Gasteiger partial charge in [0.25, 0.3) is 0 Å². The van der Waals surface area contributed by atoms with Crippen molar-refractivity contribution in [2.24, 2.45) is 0 Å². The lowest BCUT2D eigenvalue weighted by molar-refractivity contribution is -0.136. The van der Waals surface area contributed by atoms with E-state index < -0.39 is 22.1 Å². The number of aliphatic carboxylic acids is 1. The van der Waals surface area contributed by atoms with Gasteiger partial charge in [0.15, 0.2) is 5.75 Å². The molecular weight excluding hydrogens is 480 g/mol. The molecule has 0 saturated heterocycles. The summed E-state index contributed by atoms with van der Waals surface area (Å²) in [6.07, 6.45) is 3.43. The molecule has 3 rings (SSSR count). The summed E-state index contributed by atoms with van der Waals surface area (Å²) in [4.78, 5) is 23.7. The third-order valence-electron chi connectivity index (χ3n) is 6.08. The molecule has 0 fully saturated rings. The maximum atomic E-state index is 13.3. The van der Waals surface area contributed by atoms with Crippen molar-refractivity contribution >= 4 is 22.1 Å². The predicted octanol–water partition coefficient (Wildman–Crippen LogP) is 5.05. The SMILES string of the molecule is CCC#CCc1c(C)c2c(c(OS(=O)(=O)c3ccc(C)cc3)c1C/C=C(\C)CCC(=O)O)C(=O)OC2. The number of carboxylic acids is 1. The average molecular weight is 511 g/mol. The first-order valence-corrected chi connectivity index (χ1v) is 13.1. The van der Waals surface area contributed by atoms with Gasteiger partial charge < -0.3 is 14.0 Å². The van der Waals surface area contributed by atoms with E-state index in [2.05, 4.69) is 11.8 Å². The number of hydrogen-bond donors (Lipinski definition) is 1.